The molecule has 0 atom stereocenters. The maximum atomic E-state index is 12.3. The van der Waals surface area contributed by atoms with Crippen molar-refractivity contribution in [3.8, 4) is 11.5 Å². The topological polar surface area (TPSA) is 99.3 Å². The third-order valence-corrected chi connectivity index (χ3v) is 4.24. The van der Waals surface area contributed by atoms with Crippen molar-refractivity contribution in [2.45, 2.75) is 26.9 Å². The predicted octanol–water partition coefficient (Wildman–Crippen LogP) is 3.52. The fraction of sp³-hybridized carbons (Fsp3) is 0.200. The van der Waals surface area contributed by atoms with Crippen molar-refractivity contribution in [3.63, 3.8) is 0 Å². The Balaban J connectivity index is 1.66. The zero-order valence-corrected chi connectivity index (χ0v) is 15.6. The predicted molar refractivity (Wildman–Crippen MR) is 103 cm³/mol. The van der Waals surface area contributed by atoms with Crippen molar-refractivity contribution >= 4 is 11.6 Å². The van der Waals surface area contributed by atoms with Gasteiger partial charge in [-0.25, -0.2) is 0 Å². The molecule has 3 rings (SSSR count). The molecule has 8 heteroatoms. The number of nitro groups is 1. The number of para-hydroxylation sites is 2. The first-order valence-corrected chi connectivity index (χ1v) is 8.71. The van der Waals surface area contributed by atoms with Gasteiger partial charge in [0.25, 0.3) is 0 Å². The van der Waals surface area contributed by atoms with Crippen LogP contribution in [0, 0.1) is 24.0 Å². The van der Waals surface area contributed by atoms with E-state index in [2.05, 4.69) is 10.4 Å². The number of nitrogens with zero attached hydrogens (tertiary/aromatic N) is 3. The lowest BCUT2D eigenvalue weighted by Crippen LogP contribution is -2.28. The second-order valence-electron chi connectivity index (χ2n) is 6.23. The Hall–Kier alpha value is -3.68. The SMILES string of the molecule is Cc1nn(CC(=O)NCc2ccccc2Oc2ccccc2)c(C)c1[N+](=O)[O-]. The molecule has 0 aliphatic heterocycles. The van der Waals surface area contributed by atoms with E-state index in [1.165, 1.54) is 4.68 Å². The molecule has 0 aliphatic rings. The molecule has 0 bridgehead atoms. The summed E-state index contributed by atoms with van der Waals surface area (Å²) in [7, 11) is 0. The number of hydrogen-bond donors (Lipinski definition) is 1. The molecule has 144 valence electrons. The molecule has 0 unspecified atom stereocenters. The monoisotopic (exact) mass is 380 g/mol. The van der Waals surface area contributed by atoms with Crippen LogP contribution >= 0.6 is 0 Å². The number of ether oxygens (including phenoxy) is 1. The number of hydrogen-bond acceptors (Lipinski definition) is 5. The standard InChI is InChI=1S/C20H20N4O4/c1-14-20(24(26)27)15(2)23(22-14)13-19(25)21-12-16-8-6-7-11-18(16)28-17-9-4-3-5-10-17/h3-11H,12-13H2,1-2H3,(H,21,25). The van der Waals surface area contributed by atoms with Gasteiger partial charge in [0.15, 0.2) is 0 Å². The number of benzene rings is 2. The Morgan fingerprint density at radius 3 is 2.50 bits per heavy atom. The molecule has 0 fully saturated rings. The van der Waals surface area contributed by atoms with E-state index in [0.717, 1.165) is 5.56 Å². The molecule has 8 nitrogen and oxygen atoms in total. The zero-order chi connectivity index (χ0) is 20.1. The normalized spacial score (nSPS) is 10.5. The minimum Gasteiger partial charge on any atom is -0.457 e. The molecule has 1 heterocycles. The molecule has 0 aliphatic carbocycles. The summed E-state index contributed by atoms with van der Waals surface area (Å²) in [5, 5.41) is 18.0. The summed E-state index contributed by atoms with van der Waals surface area (Å²) in [6.45, 7) is 3.30. The summed E-state index contributed by atoms with van der Waals surface area (Å²) in [6, 6.07) is 16.8. The van der Waals surface area contributed by atoms with Crippen LogP contribution in [0.4, 0.5) is 5.69 Å². The van der Waals surface area contributed by atoms with Crippen LogP contribution in [0.15, 0.2) is 54.6 Å². The van der Waals surface area contributed by atoms with Crippen LogP contribution in [0.25, 0.3) is 0 Å². The van der Waals surface area contributed by atoms with Gasteiger partial charge in [-0.2, -0.15) is 5.10 Å². The molecule has 1 aromatic heterocycles. The largest absolute Gasteiger partial charge is 0.457 e. The van der Waals surface area contributed by atoms with Crippen molar-refractivity contribution < 1.29 is 14.5 Å². The smallest absolute Gasteiger partial charge is 0.312 e. The van der Waals surface area contributed by atoms with E-state index in [1.807, 2.05) is 54.6 Å². The Labute approximate surface area is 161 Å². The fourth-order valence-electron chi connectivity index (χ4n) is 2.86. The molecule has 2 aromatic carbocycles. The van der Waals surface area contributed by atoms with Gasteiger partial charge in [0.05, 0.1) is 4.92 Å². The summed E-state index contributed by atoms with van der Waals surface area (Å²) >= 11 is 0. The van der Waals surface area contributed by atoms with Crippen LogP contribution in [0.1, 0.15) is 17.0 Å². The lowest BCUT2D eigenvalue weighted by Gasteiger charge is -2.12. The molecular formula is C20H20N4O4. The van der Waals surface area contributed by atoms with Crippen molar-refractivity contribution in [3.05, 3.63) is 81.7 Å². The van der Waals surface area contributed by atoms with Crippen LogP contribution in [0.5, 0.6) is 11.5 Å². The van der Waals surface area contributed by atoms with Crippen molar-refractivity contribution in [1.82, 2.24) is 15.1 Å². The summed E-state index contributed by atoms with van der Waals surface area (Å²) < 4.78 is 7.22. The summed E-state index contributed by atoms with van der Waals surface area (Å²) in [4.78, 5) is 22.9. The van der Waals surface area contributed by atoms with Gasteiger partial charge in [0.1, 0.15) is 29.4 Å². The van der Waals surface area contributed by atoms with Gasteiger partial charge in [0.2, 0.25) is 5.91 Å². The molecule has 0 radical (unpaired) electrons. The number of nitrogens with one attached hydrogen (secondary N) is 1. The van der Waals surface area contributed by atoms with Gasteiger partial charge in [-0.1, -0.05) is 36.4 Å². The van der Waals surface area contributed by atoms with E-state index in [-0.39, 0.29) is 30.4 Å². The Morgan fingerprint density at radius 2 is 1.82 bits per heavy atom. The van der Waals surface area contributed by atoms with Gasteiger partial charge in [-0.3, -0.25) is 19.6 Å². The molecule has 1 amide bonds. The lowest BCUT2D eigenvalue weighted by molar-refractivity contribution is -0.386. The van der Waals surface area contributed by atoms with Crippen molar-refractivity contribution in [1.29, 1.82) is 0 Å². The highest BCUT2D eigenvalue weighted by Crippen LogP contribution is 2.25. The van der Waals surface area contributed by atoms with Crippen LogP contribution in [-0.2, 0) is 17.9 Å². The molecule has 3 aromatic rings. The Bertz CT molecular complexity index is 999. The Morgan fingerprint density at radius 1 is 1.14 bits per heavy atom. The van der Waals surface area contributed by atoms with E-state index in [4.69, 9.17) is 4.74 Å². The molecule has 28 heavy (non-hydrogen) atoms. The first-order chi connectivity index (χ1) is 13.5. The molecule has 0 saturated carbocycles. The highest BCUT2D eigenvalue weighted by molar-refractivity contribution is 5.76. The van der Waals surface area contributed by atoms with E-state index in [1.54, 1.807) is 13.8 Å². The van der Waals surface area contributed by atoms with Crippen molar-refractivity contribution in [2.24, 2.45) is 0 Å². The number of carbonyl (C=O) groups is 1. The number of rotatable bonds is 7. The molecule has 0 spiro atoms. The minimum absolute atomic E-state index is 0.0607. The van der Waals surface area contributed by atoms with E-state index < -0.39 is 4.92 Å². The quantitative estimate of drug-likeness (QED) is 0.499. The third-order valence-electron chi connectivity index (χ3n) is 4.24. The van der Waals surface area contributed by atoms with Gasteiger partial charge in [0, 0.05) is 12.1 Å². The second kappa shape index (κ2) is 8.34. The van der Waals surface area contributed by atoms with Gasteiger partial charge < -0.3 is 10.1 Å². The number of carbonyl (C=O) groups excluding carboxylic acids is 1. The highest BCUT2D eigenvalue weighted by Gasteiger charge is 2.22. The molecule has 0 saturated heterocycles. The average Bonchev–Trinajstić information content (AvgIpc) is 2.95. The fourth-order valence-corrected chi connectivity index (χ4v) is 2.86. The number of amides is 1. The highest BCUT2D eigenvalue weighted by atomic mass is 16.6. The lowest BCUT2D eigenvalue weighted by atomic mass is 10.2. The molecule has 1 N–H and O–H groups in total. The summed E-state index contributed by atoms with van der Waals surface area (Å²) in [6.07, 6.45) is 0. The van der Waals surface area contributed by atoms with Crippen LogP contribution < -0.4 is 10.1 Å². The van der Waals surface area contributed by atoms with Crippen LogP contribution in [0.2, 0.25) is 0 Å². The van der Waals surface area contributed by atoms with Crippen molar-refractivity contribution in [2.75, 3.05) is 0 Å². The van der Waals surface area contributed by atoms with Crippen LogP contribution in [0.3, 0.4) is 0 Å². The zero-order valence-electron chi connectivity index (χ0n) is 15.6. The van der Waals surface area contributed by atoms with E-state index >= 15 is 0 Å². The van der Waals surface area contributed by atoms with E-state index in [9.17, 15) is 14.9 Å². The first-order valence-electron chi connectivity index (χ1n) is 8.71. The molecular weight excluding hydrogens is 360 g/mol. The second-order valence-corrected chi connectivity index (χ2v) is 6.23. The van der Waals surface area contributed by atoms with Gasteiger partial charge in [-0.05, 0) is 32.0 Å². The van der Waals surface area contributed by atoms with E-state index in [0.29, 0.717) is 17.2 Å². The maximum Gasteiger partial charge on any atom is 0.312 e. The van der Waals surface area contributed by atoms with Gasteiger partial charge in [-0.15, -0.1) is 0 Å². The Kier molecular flexibility index (Phi) is 5.69. The third kappa shape index (κ3) is 4.35. The first kappa shape index (κ1) is 19.1. The number of aromatic nitrogens is 2. The maximum absolute atomic E-state index is 12.3. The average molecular weight is 380 g/mol. The van der Waals surface area contributed by atoms with Crippen LogP contribution in [-0.4, -0.2) is 20.6 Å². The van der Waals surface area contributed by atoms with Gasteiger partial charge >= 0.3 is 5.69 Å². The summed E-state index contributed by atoms with van der Waals surface area (Å²) in [5.41, 5.74) is 1.40. The summed E-state index contributed by atoms with van der Waals surface area (Å²) in [5.74, 6) is 1.06. The minimum atomic E-state index is -0.483. The number of aryl methyl sites for hydroxylation is 1.